The van der Waals surface area contributed by atoms with Crippen molar-refractivity contribution in [3.8, 4) is 5.75 Å². The first kappa shape index (κ1) is 13.9. The summed E-state index contributed by atoms with van der Waals surface area (Å²) in [7, 11) is 0. The molecule has 1 amide bonds. The molecule has 0 saturated carbocycles. The van der Waals surface area contributed by atoms with Crippen LogP contribution in [0.3, 0.4) is 0 Å². The van der Waals surface area contributed by atoms with E-state index in [1.807, 2.05) is 20.8 Å². The van der Waals surface area contributed by atoms with Crippen molar-refractivity contribution in [2.45, 2.75) is 39.9 Å². The minimum atomic E-state index is -0.135. The van der Waals surface area contributed by atoms with Crippen LogP contribution in [-0.2, 0) is 9.53 Å². The van der Waals surface area contributed by atoms with Crippen molar-refractivity contribution in [1.82, 2.24) is 0 Å². The van der Waals surface area contributed by atoms with Gasteiger partial charge in [0.2, 0.25) is 5.91 Å². The summed E-state index contributed by atoms with van der Waals surface area (Å²) in [6, 6.07) is 5.06. The number of aromatic hydroxyl groups is 1. The zero-order valence-electron chi connectivity index (χ0n) is 11.8. The minimum absolute atomic E-state index is 0.0190. The molecule has 2 N–H and O–H groups in total. The van der Waals surface area contributed by atoms with Crippen LogP contribution in [0.4, 0.5) is 5.69 Å². The molecule has 2 rings (SSSR count). The fourth-order valence-electron chi connectivity index (χ4n) is 2.68. The van der Waals surface area contributed by atoms with E-state index >= 15 is 0 Å². The largest absolute Gasteiger partial charge is 0.508 e. The molecule has 1 aromatic rings. The highest BCUT2D eigenvalue weighted by molar-refractivity contribution is 5.93. The summed E-state index contributed by atoms with van der Waals surface area (Å²) >= 11 is 0. The van der Waals surface area contributed by atoms with E-state index in [1.165, 1.54) is 0 Å². The number of hydrogen-bond acceptors (Lipinski definition) is 3. The van der Waals surface area contributed by atoms with Crippen molar-refractivity contribution in [2.75, 3.05) is 5.32 Å². The highest BCUT2D eigenvalue weighted by Gasteiger charge is 2.41. The third-order valence-electron chi connectivity index (χ3n) is 4.01. The summed E-state index contributed by atoms with van der Waals surface area (Å²) in [5.74, 6) is 0.282. The van der Waals surface area contributed by atoms with E-state index in [-0.39, 0.29) is 35.7 Å². The summed E-state index contributed by atoms with van der Waals surface area (Å²) in [6.07, 6.45) is 0.0375. The molecule has 0 spiro atoms. The van der Waals surface area contributed by atoms with Gasteiger partial charge in [-0.25, -0.2) is 0 Å². The Morgan fingerprint density at radius 2 is 1.95 bits per heavy atom. The average molecular weight is 263 g/mol. The van der Waals surface area contributed by atoms with Gasteiger partial charge in [-0.3, -0.25) is 4.79 Å². The van der Waals surface area contributed by atoms with Crippen LogP contribution in [0.5, 0.6) is 5.75 Å². The summed E-state index contributed by atoms with van der Waals surface area (Å²) in [4.78, 5) is 12.3. The number of carbonyl (C=O) groups excluding carboxylic acids is 1. The van der Waals surface area contributed by atoms with Crippen LogP contribution in [0.25, 0.3) is 0 Å². The molecule has 4 heteroatoms. The Balaban J connectivity index is 2.10. The lowest BCUT2D eigenvalue weighted by Gasteiger charge is -2.18. The van der Waals surface area contributed by atoms with E-state index in [0.717, 1.165) is 5.56 Å². The number of amides is 1. The molecule has 1 heterocycles. The van der Waals surface area contributed by atoms with Crippen LogP contribution in [0.15, 0.2) is 18.2 Å². The molecular formula is C15H21NO3. The molecule has 0 aliphatic carbocycles. The molecule has 1 aromatic carbocycles. The topological polar surface area (TPSA) is 58.6 Å². The maximum Gasteiger partial charge on any atom is 0.230 e. The number of benzene rings is 1. The fraction of sp³-hybridized carbons (Fsp3) is 0.533. The molecule has 1 aliphatic heterocycles. The van der Waals surface area contributed by atoms with Crippen LogP contribution < -0.4 is 5.32 Å². The molecule has 4 unspecified atom stereocenters. The number of rotatable bonds is 2. The Labute approximate surface area is 113 Å². The number of carbonyl (C=O) groups is 1. The fourth-order valence-corrected chi connectivity index (χ4v) is 2.68. The van der Waals surface area contributed by atoms with Gasteiger partial charge in [-0.2, -0.15) is 0 Å². The lowest BCUT2D eigenvalue weighted by molar-refractivity contribution is -0.121. The summed E-state index contributed by atoms with van der Waals surface area (Å²) in [5, 5.41) is 12.4. The molecule has 104 valence electrons. The zero-order chi connectivity index (χ0) is 14.2. The molecule has 0 aromatic heterocycles. The van der Waals surface area contributed by atoms with Crippen molar-refractivity contribution in [2.24, 2.45) is 11.8 Å². The molecular weight excluding hydrogens is 242 g/mol. The molecule has 4 atom stereocenters. The number of anilines is 1. The summed E-state index contributed by atoms with van der Waals surface area (Å²) < 4.78 is 5.69. The van der Waals surface area contributed by atoms with Crippen LogP contribution in [-0.4, -0.2) is 23.2 Å². The standard InChI is InChI=1S/C15H21NO3/c1-8-7-12(5-6-13(8)17)16-15(18)14-9(2)10(3)19-11(14)4/h5-7,9-11,14,17H,1-4H3,(H,16,18). The highest BCUT2D eigenvalue weighted by atomic mass is 16.5. The maximum absolute atomic E-state index is 12.3. The zero-order valence-corrected chi connectivity index (χ0v) is 11.8. The smallest absolute Gasteiger partial charge is 0.230 e. The number of nitrogens with one attached hydrogen (secondary N) is 1. The highest BCUT2D eigenvalue weighted by Crippen LogP contribution is 2.33. The van der Waals surface area contributed by atoms with Gasteiger partial charge in [0.1, 0.15) is 5.75 Å². The Kier molecular flexibility index (Phi) is 3.80. The second-order valence-corrected chi connectivity index (χ2v) is 5.42. The van der Waals surface area contributed by atoms with E-state index in [9.17, 15) is 9.90 Å². The Morgan fingerprint density at radius 1 is 1.26 bits per heavy atom. The van der Waals surface area contributed by atoms with Crippen molar-refractivity contribution in [1.29, 1.82) is 0 Å². The Morgan fingerprint density at radius 3 is 2.47 bits per heavy atom. The third-order valence-corrected chi connectivity index (χ3v) is 4.01. The molecule has 1 aliphatic rings. The van der Waals surface area contributed by atoms with Gasteiger partial charge in [0.25, 0.3) is 0 Å². The normalized spacial score (nSPS) is 30.3. The maximum atomic E-state index is 12.3. The Bertz CT molecular complexity index is 486. The van der Waals surface area contributed by atoms with E-state index in [1.54, 1.807) is 25.1 Å². The van der Waals surface area contributed by atoms with E-state index in [0.29, 0.717) is 5.69 Å². The lowest BCUT2D eigenvalue weighted by Crippen LogP contribution is -2.31. The molecule has 1 saturated heterocycles. The van der Waals surface area contributed by atoms with Gasteiger partial charge in [0.05, 0.1) is 18.1 Å². The van der Waals surface area contributed by atoms with Crippen LogP contribution >= 0.6 is 0 Å². The second kappa shape index (κ2) is 5.21. The quantitative estimate of drug-likeness (QED) is 0.807. The third kappa shape index (κ3) is 2.73. The van der Waals surface area contributed by atoms with Crippen molar-refractivity contribution >= 4 is 11.6 Å². The molecule has 1 fully saturated rings. The first-order chi connectivity index (χ1) is 8.90. The molecule has 0 radical (unpaired) electrons. The monoisotopic (exact) mass is 263 g/mol. The van der Waals surface area contributed by atoms with Crippen molar-refractivity contribution < 1.29 is 14.6 Å². The Hall–Kier alpha value is -1.55. The van der Waals surface area contributed by atoms with Gasteiger partial charge in [0.15, 0.2) is 0 Å². The number of ether oxygens (including phenoxy) is 1. The van der Waals surface area contributed by atoms with E-state index in [2.05, 4.69) is 5.32 Å². The first-order valence-corrected chi connectivity index (χ1v) is 6.66. The van der Waals surface area contributed by atoms with Crippen LogP contribution in [0, 0.1) is 18.8 Å². The predicted molar refractivity (Wildman–Crippen MR) is 74.1 cm³/mol. The van der Waals surface area contributed by atoms with Crippen LogP contribution in [0.1, 0.15) is 26.3 Å². The number of phenolic OH excluding ortho intramolecular Hbond substituents is 1. The van der Waals surface area contributed by atoms with Gasteiger partial charge in [-0.1, -0.05) is 6.92 Å². The van der Waals surface area contributed by atoms with E-state index < -0.39 is 0 Å². The minimum Gasteiger partial charge on any atom is -0.508 e. The van der Waals surface area contributed by atoms with Crippen molar-refractivity contribution in [3.05, 3.63) is 23.8 Å². The van der Waals surface area contributed by atoms with Gasteiger partial charge >= 0.3 is 0 Å². The first-order valence-electron chi connectivity index (χ1n) is 6.66. The lowest BCUT2D eigenvalue weighted by atomic mass is 9.89. The molecule has 4 nitrogen and oxygen atoms in total. The van der Waals surface area contributed by atoms with Crippen molar-refractivity contribution in [3.63, 3.8) is 0 Å². The van der Waals surface area contributed by atoms with Gasteiger partial charge in [0, 0.05) is 5.69 Å². The van der Waals surface area contributed by atoms with Gasteiger partial charge in [-0.15, -0.1) is 0 Å². The predicted octanol–water partition coefficient (Wildman–Crippen LogP) is 2.70. The SMILES string of the molecule is Cc1cc(NC(=O)C2C(C)OC(C)C2C)ccc1O. The molecule has 0 bridgehead atoms. The number of aryl methyl sites for hydroxylation is 1. The molecule has 19 heavy (non-hydrogen) atoms. The van der Waals surface area contributed by atoms with Gasteiger partial charge in [-0.05, 0) is 50.5 Å². The second-order valence-electron chi connectivity index (χ2n) is 5.42. The summed E-state index contributed by atoms with van der Waals surface area (Å²) in [5.41, 5.74) is 1.45. The van der Waals surface area contributed by atoms with Gasteiger partial charge < -0.3 is 15.2 Å². The average Bonchev–Trinajstić information content (AvgIpc) is 2.58. The van der Waals surface area contributed by atoms with Crippen LogP contribution in [0.2, 0.25) is 0 Å². The number of hydrogen-bond donors (Lipinski definition) is 2. The van der Waals surface area contributed by atoms with E-state index in [4.69, 9.17) is 4.74 Å². The summed E-state index contributed by atoms with van der Waals surface area (Å²) in [6.45, 7) is 7.78. The number of phenols is 1.